The minimum absolute atomic E-state index is 0.0985. The number of amides is 2. The molecule has 6 heteroatoms. The molecule has 6 nitrogen and oxygen atoms in total. The van der Waals surface area contributed by atoms with Gasteiger partial charge in [-0.15, -0.1) is 0 Å². The van der Waals surface area contributed by atoms with Gasteiger partial charge in [-0.25, -0.2) is 0 Å². The van der Waals surface area contributed by atoms with Crippen molar-refractivity contribution >= 4 is 17.9 Å². The first kappa shape index (κ1) is 19.6. The maximum absolute atomic E-state index is 12.5. The van der Waals surface area contributed by atoms with Crippen LogP contribution < -0.4 is 5.32 Å². The second kappa shape index (κ2) is 8.78. The minimum Gasteiger partial charge on any atom is -0.353 e. The zero-order valence-corrected chi connectivity index (χ0v) is 16.9. The van der Waals surface area contributed by atoms with Crippen molar-refractivity contribution < 1.29 is 9.59 Å². The second-order valence-electron chi connectivity index (χ2n) is 7.43. The van der Waals surface area contributed by atoms with Crippen LogP contribution in [0.25, 0.3) is 17.3 Å². The Balaban J connectivity index is 1.61. The van der Waals surface area contributed by atoms with Crippen molar-refractivity contribution in [2.45, 2.75) is 13.5 Å². The van der Waals surface area contributed by atoms with Crippen molar-refractivity contribution in [1.82, 2.24) is 20.0 Å². The molecule has 2 aromatic carbocycles. The van der Waals surface area contributed by atoms with E-state index in [1.54, 1.807) is 11.0 Å². The molecule has 0 spiro atoms. The number of piperazine rings is 1. The lowest BCUT2D eigenvalue weighted by Crippen LogP contribution is -2.49. The van der Waals surface area contributed by atoms with E-state index < -0.39 is 0 Å². The van der Waals surface area contributed by atoms with Gasteiger partial charge in [0.15, 0.2) is 0 Å². The molecule has 30 heavy (non-hydrogen) atoms. The van der Waals surface area contributed by atoms with Crippen molar-refractivity contribution in [2.75, 3.05) is 19.6 Å². The number of carbonyl (C=O) groups is 2. The van der Waals surface area contributed by atoms with Gasteiger partial charge in [-0.05, 0) is 18.6 Å². The van der Waals surface area contributed by atoms with Crippen LogP contribution in [-0.4, -0.2) is 46.1 Å². The van der Waals surface area contributed by atoms with Crippen LogP contribution in [0.5, 0.6) is 0 Å². The second-order valence-corrected chi connectivity index (χ2v) is 7.43. The highest BCUT2D eigenvalue weighted by Gasteiger charge is 2.19. The molecule has 2 heterocycles. The Hall–Kier alpha value is -3.67. The highest BCUT2D eigenvalue weighted by atomic mass is 16.2. The SMILES string of the molecule is Cc1ccc(-c2nn(Cc3ccccc3)cc2/C=C/C(=O)N2CCNC(=O)C2)cc1. The van der Waals surface area contributed by atoms with E-state index in [0.29, 0.717) is 19.6 Å². The smallest absolute Gasteiger partial charge is 0.247 e. The molecule has 0 radical (unpaired) electrons. The lowest BCUT2D eigenvalue weighted by molar-refractivity contribution is -0.134. The van der Waals surface area contributed by atoms with Crippen molar-refractivity contribution in [3.63, 3.8) is 0 Å². The maximum Gasteiger partial charge on any atom is 0.247 e. The topological polar surface area (TPSA) is 67.2 Å². The highest BCUT2D eigenvalue weighted by Crippen LogP contribution is 2.24. The number of hydrogen-bond acceptors (Lipinski definition) is 3. The van der Waals surface area contributed by atoms with Crippen LogP contribution in [0.1, 0.15) is 16.7 Å². The fraction of sp³-hybridized carbons (Fsp3) is 0.208. The molecule has 1 aromatic heterocycles. The number of carbonyl (C=O) groups excluding carboxylic acids is 2. The first-order chi connectivity index (χ1) is 14.6. The predicted octanol–water partition coefficient (Wildman–Crippen LogP) is 2.88. The zero-order valence-electron chi connectivity index (χ0n) is 16.9. The van der Waals surface area contributed by atoms with Gasteiger partial charge in [-0.3, -0.25) is 14.3 Å². The van der Waals surface area contributed by atoms with E-state index in [0.717, 1.165) is 22.4 Å². The lowest BCUT2D eigenvalue weighted by Gasteiger charge is -2.25. The molecule has 1 aliphatic rings. The van der Waals surface area contributed by atoms with E-state index in [4.69, 9.17) is 5.10 Å². The molecule has 1 aliphatic heterocycles. The van der Waals surface area contributed by atoms with E-state index in [-0.39, 0.29) is 18.4 Å². The fourth-order valence-electron chi connectivity index (χ4n) is 3.44. The van der Waals surface area contributed by atoms with E-state index in [2.05, 4.69) is 29.6 Å². The summed E-state index contributed by atoms with van der Waals surface area (Å²) in [7, 11) is 0. The van der Waals surface area contributed by atoms with Gasteiger partial charge in [-0.2, -0.15) is 5.10 Å². The number of nitrogens with zero attached hydrogens (tertiary/aromatic N) is 3. The summed E-state index contributed by atoms with van der Waals surface area (Å²) in [6, 6.07) is 18.3. The molecule has 1 N–H and O–H groups in total. The summed E-state index contributed by atoms with van der Waals surface area (Å²) >= 11 is 0. The van der Waals surface area contributed by atoms with Crippen LogP contribution in [0, 0.1) is 6.92 Å². The van der Waals surface area contributed by atoms with Crippen LogP contribution in [0.3, 0.4) is 0 Å². The first-order valence-electron chi connectivity index (χ1n) is 10.0. The number of aryl methyl sites for hydroxylation is 1. The van der Waals surface area contributed by atoms with Crippen LogP contribution in [0.15, 0.2) is 66.9 Å². The quantitative estimate of drug-likeness (QED) is 0.670. The van der Waals surface area contributed by atoms with Crippen molar-refractivity contribution in [1.29, 1.82) is 0 Å². The van der Waals surface area contributed by atoms with Gasteiger partial charge in [0.05, 0.1) is 18.8 Å². The van der Waals surface area contributed by atoms with Gasteiger partial charge < -0.3 is 10.2 Å². The van der Waals surface area contributed by atoms with Gasteiger partial charge in [0.2, 0.25) is 11.8 Å². The average molecular weight is 400 g/mol. The number of hydrogen-bond donors (Lipinski definition) is 1. The third-order valence-corrected chi connectivity index (χ3v) is 5.06. The molecule has 1 fully saturated rings. The molecule has 0 saturated carbocycles. The molecular formula is C24H24N4O2. The summed E-state index contributed by atoms with van der Waals surface area (Å²) in [5.41, 5.74) is 5.02. The number of benzene rings is 2. The maximum atomic E-state index is 12.5. The van der Waals surface area contributed by atoms with Crippen LogP contribution in [0.2, 0.25) is 0 Å². The zero-order chi connectivity index (χ0) is 20.9. The van der Waals surface area contributed by atoms with Crippen LogP contribution in [0.4, 0.5) is 0 Å². The Morgan fingerprint density at radius 3 is 2.63 bits per heavy atom. The number of aromatic nitrogens is 2. The Morgan fingerprint density at radius 1 is 1.13 bits per heavy atom. The van der Waals surface area contributed by atoms with Gasteiger partial charge in [0.25, 0.3) is 0 Å². The predicted molar refractivity (Wildman–Crippen MR) is 117 cm³/mol. The summed E-state index contributed by atoms with van der Waals surface area (Å²) in [5.74, 6) is -0.297. The molecule has 3 aromatic rings. The third-order valence-electron chi connectivity index (χ3n) is 5.06. The Labute approximate surface area is 175 Å². The largest absolute Gasteiger partial charge is 0.353 e. The van der Waals surface area contributed by atoms with Gasteiger partial charge >= 0.3 is 0 Å². The van der Waals surface area contributed by atoms with E-state index in [1.807, 2.05) is 48.1 Å². The Bertz CT molecular complexity index is 1070. The van der Waals surface area contributed by atoms with Crippen LogP contribution in [-0.2, 0) is 16.1 Å². The standard InChI is InChI=1S/C24H24N4O2/c1-18-7-9-20(10-8-18)24-21(11-12-23(30)27-14-13-25-22(29)17-27)16-28(26-24)15-19-5-3-2-4-6-19/h2-12,16H,13-15,17H2,1H3,(H,25,29)/b12-11+. The first-order valence-corrected chi connectivity index (χ1v) is 10.0. The molecule has 152 valence electrons. The van der Waals surface area contributed by atoms with E-state index in [1.165, 1.54) is 11.6 Å². The molecule has 4 rings (SSSR count). The molecule has 1 saturated heterocycles. The number of nitrogens with one attached hydrogen (secondary N) is 1. The van der Waals surface area contributed by atoms with Crippen molar-refractivity contribution in [3.05, 3.63) is 83.6 Å². The van der Waals surface area contributed by atoms with Crippen molar-refractivity contribution in [3.8, 4) is 11.3 Å². The van der Waals surface area contributed by atoms with Gasteiger partial charge in [-0.1, -0.05) is 60.2 Å². The molecular weight excluding hydrogens is 376 g/mol. The molecule has 0 atom stereocenters. The number of rotatable bonds is 5. The Kier molecular flexibility index (Phi) is 5.75. The monoisotopic (exact) mass is 400 g/mol. The summed E-state index contributed by atoms with van der Waals surface area (Å²) in [5, 5.41) is 7.52. The molecule has 0 unspecified atom stereocenters. The third kappa shape index (κ3) is 4.66. The van der Waals surface area contributed by atoms with Crippen LogP contribution >= 0.6 is 0 Å². The van der Waals surface area contributed by atoms with E-state index >= 15 is 0 Å². The summed E-state index contributed by atoms with van der Waals surface area (Å²) in [4.78, 5) is 25.6. The lowest BCUT2D eigenvalue weighted by atomic mass is 10.1. The van der Waals surface area contributed by atoms with Gasteiger partial charge in [0, 0.05) is 36.5 Å². The minimum atomic E-state index is -0.171. The summed E-state index contributed by atoms with van der Waals surface area (Å²) < 4.78 is 1.89. The summed E-state index contributed by atoms with van der Waals surface area (Å²) in [6.07, 6.45) is 5.27. The van der Waals surface area contributed by atoms with Crippen molar-refractivity contribution in [2.24, 2.45) is 0 Å². The molecule has 0 aliphatic carbocycles. The average Bonchev–Trinajstić information content (AvgIpc) is 3.15. The molecule has 0 bridgehead atoms. The summed E-state index contributed by atoms with van der Waals surface area (Å²) in [6.45, 7) is 3.80. The normalized spacial score (nSPS) is 14.2. The fourth-order valence-corrected chi connectivity index (χ4v) is 3.44. The van der Waals surface area contributed by atoms with E-state index in [9.17, 15) is 9.59 Å². The highest BCUT2D eigenvalue weighted by molar-refractivity contribution is 5.95. The molecule has 2 amide bonds. The Morgan fingerprint density at radius 2 is 1.90 bits per heavy atom. The van der Waals surface area contributed by atoms with Gasteiger partial charge in [0.1, 0.15) is 0 Å².